The topological polar surface area (TPSA) is 66.5 Å². The third kappa shape index (κ3) is 6.18. The molecule has 0 radical (unpaired) electrons. The fraction of sp³-hybridized carbons (Fsp3) is 0.278. The van der Waals surface area contributed by atoms with Gasteiger partial charge in [-0.05, 0) is 36.6 Å². The van der Waals surface area contributed by atoms with Crippen molar-refractivity contribution < 1.29 is 22.0 Å². The van der Waals surface area contributed by atoms with Gasteiger partial charge in [0.25, 0.3) is 0 Å². The van der Waals surface area contributed by atoms with Crippen molar-refractivity contribution in [3.8, 4) is 0 Å². The molecule has 0 heterocycles. The molecule has 2 aromatic rings. The quantitative estimate of drug-likeness (QED) is 0.672. The van der Waals surface area contributed by atoms with E-state index in [0.717, 1.165) is 34.3 Å². The molecule has 0 spiro atoms. The van der Waals surface area contributed by atoms with Gasteiger partial charge < -0.3 is 5.32 Å². The van der Waals surface area contributed by atoms with Crippen LogP contribution in [0.25, 0.3) is 0 Å². The van der Waals surface area contributed by atoms with E-state index in [1.165, 1.54) is 0 Å². The minimum atomic E-state index is -3.86. The summed E-state index contributed by atoms with van der Waals surface area (Å²) in [6.07, 6.45) is 2.15. The van der Waals surface area contributed by atoms with Gasteiger partial charge in [-0.1, -0.05) is 29.8 Å². The molecule has 0 aliphatic heterocycles. The molecule has 2 rings (SSSR count). The average Bonchev–Trinajstić information content (AvgIpc) is 2.59. The van der Waals surface area contributed by atoms with Gasteiger partial charge in [-0.3, -0.25) is 9.10 Å². The van der Waals surface area contributed by atoms with Gasteiger partial charge in [0.05, 0.1) is 11.9 Å². The summed E-state index contributed by atoms with van der Waals surface area (Å²) in [6.45, 7) is -0.213. The van der Waals surface area contributed by atoms with Crippen molar-refractivity contribution in [2.45, 2.75) is 12.8 Å². The van der Waals surface area contributed by atoms with Crippen LogP contribution in [0.2, 0.25) is 5.02 Å². The second-order valence-electron chi connectivity index (χ2n) is 5.91. The van der Waals surface area contributed by atoms with E-state index in [9.17, 15) is 22.0 Å². The molecule has 27 heavy (non-hydrogen) atoms. The van der Waals surface area contributed by atoms with Crippen LogP contribution in [0.3, 0.4) is 0 Å². The van der Waals surface area contributed by atoms with Crippen molar-refractivity contribution in [3.05, 3.63) is 64.7 Å². The Balaban J connectivity index is 1.94. The summed E-state index contributed by atoms with van der Waals surface area (Å²) in [4.78, 5) is 12.1. The molecule has 0 unspecified atom stereocenters. The van der Waals surface area contributed by atoms with Crippen LogP contribution >= 0.6 is 11.6 Å². The summed E-state index contributed by atoms with van der Waals surface area (Å²) in [5.74, 6) is -2.85. The van der Waals surface area contributed by atoms with E-state index in [1.807, 2.05) is 18.2 Å². The van der Waals surface area contributed by atoms with Gasteiger partial charge in [-0.15, -0.1) is 0 Å². The summed E-state index contributed by atoms with van der Waals surface area (Å²) in [5, 5.41) is 3.26. The normalized spacial score (nSPS) is 11.3. The molecule has 1 N–H and O–H groups in total. The zero-order valence-corrected chi connectivity index (χ0v) is 16.2. The van der Waals surface area contributed by atoms with Gasteiger partial charge in [0.15, 0.2) is 11.6 Å². The number of carbonyl (C=O) groups is 1. The minimum Gasteiger partial charge on any atom is -0.355 e. The van der Waals surface area contributed by atoms with E-state index < -0.39 is 34.1 Å². The first kappa shape index (κ1) is 21.1. The Morgan fingerprint density at radius 1 is 1.15 bits per heavy atom. The third-order valence-corrected chi connectivity index (χ3v) is 5.29. The first-order chi connectivity index (χ1) is 12.7. The highest BCUT2D eigenvalue weighted by atomic mass is 35.5. The number of aryl methyl sites for hydroxylation is 1. The van der Waals surface area contributed by atoms with E-state index in [1.54, 1.807) is 6.07 Å². The van der Waals surface area contributed by atoms with Crippen LogP contribution in [0.15, 0.2) is 42.5 Å². The van der Waals surface area contributed by atoms with Crippen molar-refractivity contribution >= 4 is 33.2 Å². The van der Waals surface area contributed by atoms with Crippen LogP contribution in [-0.2, 0) is 21.2 Å². The average molecular weight is 417 g/mol. The Labute approximate surface area is 162 Å². The van der Waals surface area contributed by atoms with Crippen LogP contribution in [0, 0.1) is 11.6 Å². The molecule has 9 heteroatoms. The summed E-state index contributed by atoms with van der Waals surface area (Å²) < 4.78 is 51.0. The Morgan fingerprint density at radius 2 is 1.85 bits per heavy atom. The highest BCUT2D eigenvalue weighted by Crippen LogP contribution is 2.20. The molecule has 0 fully saturated rings. The number of nitrogens with one attached hydrogen (secondary N) is 1. The standard InChI is InChI=1S/C18H19ClF2N2O3S/c1-27(25,26)23(14-8-9-16(20)17(21)11-14)12-18(24)22-10-4-6-13-5-2-3-7-15(13)19/h2-3,5,7-9,11H,4,6,10,12H2,1H3,(H,22,24). The maximum absolute atomic E-state index is 13.4. The van der Waals surface area contributed by atoms with E-state index in [-0.39, 0.29) is 5.69 Å². The number of amides is 1. The molecule has 0 aliphatic carbocycles. The van der Waals surface area contributed by atoms with E-state index >= 15 is 0 Å². The Kier molecular flexibility index (Phi) is 7.15. The predicted octanol–water partition coefficient (Wildman–Crippen LogP) is 3.13. The van der Waals surface area contributed by atoms with E-state index in [2.05, 4.69) is 5.32 Å². The largest absolute Gasteiger partial charge is 0.355 e. The maximum atomic E-state index is 13.4. The van der Waals surface area contributed by atoms with Crippen LogP contribution in [-0.4, -0.2) is 33.7 Å². The molecule has 146 valence electrons. The second kappa shape index (κ2) is 9.14. The van der Waals surface area contributed by atoms with Crippen molar-refractivity contribution in [2.75, 3.05) is 23.7 Å². The number of sulfonamides is 1. The smallest absolute Gasteiger partial charge is 0.240 e. The lowest BCUT2D eigenvalue weighted by Crippen LogP contribution is -2.40. The van der Waals surface area contributed by atoms with E-state index in [0.29, 0.717) is 24.4 Å². The number of carbonyl (C=O) groups excluding carboxylic acids is 1. The first-order valence-electron chi connectivity index (χ1n) is 8.11. The zero-order chi connectivity index (χ0) is 20.0. The number of anilines is 1. The van der Waals surface area contributed by atoms with Gasteiger partial charge in [0.2, 0.25) is 15.9 Å². The fourth-order valence-electron chi connectivity index (χ4n) is 2.43. The monoisotopic (exact) mass is 416 g/mol. The number of halogens is 3. The minimum absolute atomic E-state index is 0.123. The Hall–Kier alpha value is -2.19. The molecule has 5 nitrogen and oxygen atoms in total. The molecule has 0 atom stereocenters. The van der Waals surface area contributed by atoms with Crippen LogP contribution in [0.5, 0.6) is 0 Å². The summed E-state index contributed by atoms with van der Waals surface area (Å²) in [6, 6.07) is 10.0. The Bertz CT molecular complexity index is 923. The highest BCUT2D eigenvalue weighted by Gasteiger charge is 2.21. The van der Waals surface area contributed by atoms with Crippen molar-refractivity contribution in [3.63, 3.8) is 0 Å². The summed E-state index contributed by atoms with van der Waals surface area (Å²) in [5.41, 5.74) is 0.829. The summed E-state index contributed by atoms with van der Waals surface area (Å²) in [7, 11) is -3.86. The van der Waals surface area contributed by atoms with Crippen molar-refractivity contribution in [2.24, 2.45) is 0 Å². The Morgan fingerprint density at radius 3 is 2.48 bits per heavy atom. The number of nitrogens with zero attached hydrogens (tertiary/aromatic N) is 1. The number of hydrogen-bond donors (Lipinski definition) is 1. The van der Waals surface area contributed by atoms with Gasteiger partial charge in [0, 0.05) is 17.6 Å². The predicted molar refractivity (Wildman–Crippen MR) is 101 cm³/mol. The number of hydrogen-bond acceptors (Lipinski definition) is 3. The molecular weight excluding hydrogens is 398 g/mol. The molecule has 0 bridgehead atoms. The van der Waals surface area contributed by atoms with Crippen LogP contribution in [0.1, 0.15) is 12.0 Å². The fourth-order valence-corrected chi connectivity index (χ4v) is 3.51. The molecule has 0 saturated heterocycles. The van der Waals surface area contributed by atoms with Gasteiger partial charge in [-0.2, -0.15) is 0 Å². The first-order valence-corrected chi connectivity index (χ1v) is 10.3. The SMILES string of the molecule is CS(=O)(=O)N(CC(=O)NCCCc1ccccc1Cl)c1ccc(F)c(F)c1. The number of benzene rings is 2. The zero-order valence-electron chi connectivity index (χ0n) is 14.6. The number of rotatable bonds is 8. The van der Waals surface area contributed by atoms with Crippen molar-refractivity contribution in [1.29, 1.82) is 0 Å². The lowest BCUT2D eigenvalue weighted by Gasteiger charge is -2.22. The summed E-state index contributed by atoms with van der Waals surface area (Å²) >= 11 is 6.06. The van der Waals surface area contributed by atoms with Crippen molar-refractivity contribution in [1.82, 2.24) is 5.32 Å². The van der Waals surface area contributed by atoms with Crippen LogP contribution < -0.4 is 9.62 Å². The van der Waals surface area contributed by atoms with Crippen LogP contribution in [0.4, 0.5) is 14.5 Å². The molecule has 1 amide bonds. The lowest BCUT2D eigenvalue weighted by atomic mass is 10.1. The highest BCUT2D eigenvalue weighted by molar-refractivity contribution is 7.92. The maximum Gasteiger partial charge on any atom is 0.240 e. The van der Waals surface area contributed by atoms with E-state index in [4.69, 9.17) is 11.6 Å². The lowest BCUT2D eigenvalue weighted by molar-refractivity contribution is -0.119. The van der Waals surface area contributed by atoms with Gasteiger partial charge in [0.1, 0.15) is 6.54 Å². The molecule has 0 aromatic heterocycles. The molecule has 0 aliphatic rings. The second-order valence-corrected chi connectivity index (χ2v) is 8.23. The third-order valence-electron chi connectivity index (χ3n) is 3.78. The molecular formula is C18H19ClF2N2O3S. The molecule has 2 aromatic carbocycles. The molecule has 0 saturated carbocycles. The van der Waals surface area contributed by atoms with Gasteiger partial charge in [-0.25, -0.2) is 17.2 Å². The van der Waals surface area contributed by atoms with Gasteiger partial charge >= 0.3 is 0 Å².